The van der Waals surface area contributed by atoms with Gasteiger partial charge in [0.1, 0.15) is 6.33 Å². The molecule has 0 saturated heterocycles. The molecule has 0 amide bonds. The molecule has 8 heteroatoms. The van der Waals surface area contributed by atoms with Crippen LogP contribution in [0.5, 0.6) is 0 Å². The lowest BCUT2D eigenvalue weighted by atomic mass is 10.2. The van der Waals surface area contributed by atoms with Crippen molar-refractivity contribution in [3.05, 3.63) is 46.9 Å². The second kappa shape index (κ2) is 5.16. The van der Waals surface area contributed by atoms with Crippen molar-refractivity contribution in [3.8, 4) is 5.82 Å². The average molecular weight is 284 g/mol. The van der Waals surface area contributed by atoms with Gasteiger partial charge in [0.2, 0.25) is 11.6 Å². The van der Waals surface area contributed by atoms with Crippen LogP contribution < -0.4 is 5.32 Å². The third-order valence-electron chi connectivity index (χ3n) is 3.01. The van der Waals surface area contributed by atoms with E-state index in [9.17, 15) is 10.1 Å². The van der Waals surface area contributed by atoms with Crippen LogP contribution in [0.25, 0.3) is 16.7 Å². The summed E-state index contributed by atoms with van der Waals surface area (Å²) in [4.78, 5) is 18.9. The molecule has 2 aromatic heterocycles. The molecule has 0 fully saturated rings. The number of anilines is 1. The maximum atomic E-state index is 11.4. The molecule has 0 radical (unpaired) electrons. The van der Waals surface area contributed by atoms with E-state index in [1.807, 2.05) is 31.2 Å². The highest BCUT2D eigenvalue weighted by Gasteiger charge is 2.25. The van der Waals surface area contributed by atoms with Gasteiger partial charge in [0.25, 0.3) is 0 Å². The van der Waals surface area contributed by atoms with E-state index in [4.69, 9.17) is 0 Å². The van der Waals surface area contributed by atoms with Gasteiger partial charge in [-0.2, -0.15) is 5.10 Å². The Morgan fingerprint density at radius 2 is 2.14 bits per heavy atom. The molecule has 0 aliphatic heterocycles. The lowest BCUT2D eigenvalue weighted by Crippen LogP contribution is -2.10. The molecule has 0 unspecified atom stereocenters. The summed E-state index contributed by atoms with van der Waals surface area (Å²) in [5, 5.41) is 19.4. The molecule has 8 nitrogen and oxygen atoms in total. The normalized spacial score (nSPS) is 10.7. The van der Waals surface area contributed by atoms with Gasteiger partial charge in [0.05, 0.1) is 16.6 Å². The Morgan fingerprint density at radius 1 is 1.33 bits per heavy atom. The standard InChI is InChI=1S/C13H12N6O2/c1-2-14-12-11(19(20)21)13(16-8-15-12)18-10-6-4-3-5-9(10)7-17-18/h3-8H,2H2,1H3,(H,14,15,16). The van der Waals surface area contributed by atoms with Gasteiger partial charge in [-0.1, -0.05) is 18.2 Å². The topological polar surface area (TPSA) is 98.8 Å². The number of hydrogen-bond acceptors (Lipinski definition) is 6. The van der Waals surface area contributed by atoms with E-state index in [0.29, 0.717) is 6.54 Å². The van der Waals surface area contributed by atoms with Crippen LogP contribution in [0.2, 0.25) is 0 Å². The molecule has 0 bridgehead atoms. The first kappa shape index (κ1) is 13.0. The number of para-hydroxylation sites is 1. The van der Waals surface area contributed by atoms with Crippen LogP contribution in [0.3, 0.4) is 0 Å². The summed E-state index contributed by atoms with van der Waals surface area (Å²) in [5.41, 5.74) is 0.565. The largest absolute Gasteiger partial charge is 0.364 e. The average Bonchev–Trinajstić information content (AvgIpc) is 2.91. The molecule has 3 aromatic rings. The second-order valence-corrected chi connectivity index (χ2v) is 4.30. The summed E-state index contributed by atoms with van der Waals surface area (Å²) < 4.78 is 1.45. The van der Waals surface area contributed by atoms with Crippen molar-refractivity contribution in [3.63, 3.8) is 0 Å². The number of nitrogens with one attached hydrogen (secondary N) is 1. The SMILES string of the molecule is CCNc1ncnc(-n2ncc3ccccc32)c1[N+](=O)[O-]. The summed E-state index contributed by atoms with van der Waals surface area (Å²) in [6, 6.07) is 7.45. The van der Waals surface area contributed by atoms with Crippen LogP contribution in [0.1, 0.15) is 6.92 Å². The van der Waals surface area contributed by atoms with Crippen LogP contribution in [0.15, 0.2) is 36.8 Å². The Balaban J connectivity index is 2.27. The Kier molecular flexibility index (Phi) is 3.19. The molecule has 21 heavy (non-hydrogen) atoms. The maximum Gasteiger partial charge on any atom is 0.355 e. The van der Waals surface area contributed by atoms with E-state index in [2.05, 4.69) is 20.4 Å². The molecule has 0 spiro atoms. The fourth-order valence-corrected chi connectivity index (χ4v) is 2.13. The van der Waals surface area contributed by atoms with Crippen molar-refractivity contribution in [1.29, 1.82) is 0 Å². The van der Waals surface area contributed by atoms with Gasteiger partial charge in [0.15, 0.2) is 0 Å². The Bertz CT molecular complexity index is 813. The summed E-state index contributed by atoms with van der Waals surface area (Å²) in [7, 11) is 0. The quantitative estimate of drug-likeness (QED) is 0.582. The zero-order chi connectivity index (χ0) is 14.8. The van der Waals surface area contributed by atoms with Crippen LogP contribution >= 0.6 is 0 Å². The van der Waals surface area contributed by atoms with Crippen molar-refractivity contribution >= 4 is 22.4 Å². The van der Waals surface area contributed by atoms with Crippen molar-refractivity contribution in [2.24, 2.45) is 0 Å². The first-order valence-corrected chi connectivity index (χ1v) is 6.38. The molecule has 1 aromatic carbocycles. The number of aromatic nitrogens is 4. The Labute approximate surface area is 119 Å². The van der Waals surface area contributed by atoms with Gasteiger partial charge in [-0.05, 0) is 13.0 Å². The minimum absolute atomic E-state index is 0.146. The molecule has 0 saturated carbocycles. The molecule has 0 aliphatic carbocycles. The monoisotopic (exact) mass is 284 g/mol. The number of hydrogen-bond donors (Lipinski definition) is 1. The number of nitro groups is 1. The van der Waals surface area contributed by atoms with E-state index in [1.54, 1.807) is 6.20 Å². The van der Waals surface area contributed by atoms with Crippen LogP contribution in [0.4, 0.5) is 11.5 Å². The summed E-state index contributed by atoms with van der Waals surface area (Å²) in [6.07, 6.45) is 2.94. The molecule has 3 rings (SSSR count). The van der Waals surface area contributed by atoms with Crippen LogP contribution in [0, 0.1) is 10.1 Å². The van der Waals surface area contributed by atoms with E-state index < -0.39 is 4.92 Å². The van der Waals surface area contributed by atoms with Gasteiger partial charge >= 0.3 is 5.69 Å². The molecular formula is C13H12N6O2. The lowest BCUT2D eigenvalue weighted by molar-refractivity contribution is -0.384. The van der Waals surface area contributed by atoms with Crippen molar-refractivity contribution in [2.75, 3.05) is 11.9 Å². The first-order valence-electron chi connectivity index (χ1n) is 6.38. The third kappa shape index (κ3) is 2.16. The van der Waals surface area contributed by atoms with Gasteiger partial charge in [-0.25, -0.2) is 14.6 Å². The number of benzene rings is 1. The molecule has 0 aliphatic rings. The van der Waals surface area contributed by atoms with Crippen molar-refractivity contribution in [1.82, 2.24) is 19.7 Å². The van der Waals surface area contributed by atoms with E-state index >= 15 is 0 Å². The Morgan fingerprint density at radius 3 is 2.90 bits per heavy atom. The molecule has 0 atom stereocenters. The van der Waals surface area contributed by atoms with Gasteiger partial charge < -0.3 is 5.32 Å². The van der Waals surface area contributed by atoms with Gasteiger partial charge in [-0.3, -0.25) is 10.1 Å². The van der Waals surface area contributed by atoms with Crippen LogP contribution in [-0.2, 0) is 0 Å². The first-order chi connectivity index (χ1) is 10.2. The van der Waals surface area contributed by atoms with Crippen molar-refractivity contribution < 1.29 is 4.92 Å². The molecule has 1 N–H and O–H groups in total. The summed E-state index contributed by atoms with van der Waals surface area (Å²) >= 11 is 0. The number of nitrogens with zero attached hydrogens (tertiary/aromatic N) is 5. The van der Waals surface area contributed by atoms with E-state index in [-0.39, 0.29) is 17.3 Å². The fourth-order valence-electron chi connectivity index (χ4n) is 2.13. The van der Waals surface area contributed by atoms with Crippen molar-refractivity contribution in [2.45, 2.75) is 6.92 Å². The third-order valence-corrected chi connectivity index (χ3v) is 3.01. The fraction of sp³-hybridized carbons (Fsp3) is 0.154. The highest BCUT2D eigenvalue weighted by molar-refractivity contribution is 5.81. The maximum absolute atomic E-state index is 11.4. The summed E-state index contributed by atoms with van der Waals surface area (Å²) in [6.45, 7) is 2.37. The van der Waals surface area contributed by atoms with E-state index in [0.717, 1.165) is 10.9 Å². The number of rotatable bonds is 4. The number of fused-ring (bicyclic) bond motifs is 1. The Hall–Kier alpha value is -3.03. The van der Waals surface area contributed by atoms with Gasteiger partial charge in [0, 0.05) is 11.9 Å². The van der Waals surface area contributed by atoms with E-state index in [1.165, 1.54) is 11.0 Å². The molecule has 106 valence electrons. The smallest absolute Gasteiger partial charge is 0.355 e. The minimum Gasteiger partial charge on any atom is -0.364 e. The highest BCUT2D eigenvalue weighted by atomic mass is 16.6. The predicted molar refractivity (Wildman–Crippen MR) is 77.5 cm³/mol. The molecular weight excluding hydrogens is 272 g/mol. The van der Waals surface area contributed by atoms with Crippen LogP contribution in [-0.4, -0.2) is 31.2 Å². The lowest BCUT2D eigenvalue weighted by Gasteiger charge is -2.07. The predicted octanol–water partition coefficient (Wildman–Crippen LogP) is 2.16. The van der Waals surface area contributed by atoms with Gasteiger partial charge in [-0.15, -0.1) is 0 Å². The zero-order valence-corrected chi connectivity index (χ0v) is 11.2. The highest BCUT2D eigenvalue weighted by Crippen LogP contribution is 2.29. The summed E-state index contributed by atoms with van der Waals surface area (Å²) in [5.74, 6) is 0.333. The second-order valence-electron chi connectivity index (χ2n) is 4.30. The molecule has 2 heterocycles. The minimum atomic E-state index is -0.496. The zero-order valence-electron chi connectivity index (χ0n) is 11.2.